The molecule has 1 nitrogen and oxygen atoms in total. The van der Waals surface area contributed by atoms with E-state index in [1.165, 1.54) is 6.08 Å². The van der Waals surface area contributed by atoms with Crippen LogP contribution in [-0.2, 0) is 20.8 Å². The molecule has 0 aliphatic carbocycles. The molecule has 0 unspecified atom stereocenters. The fraction of sp³-hybridized carbons (Fsp3) is 0. The summed E-state index contributed by atoms with van der Waals surface area (Å²) in [7, 11) is 0. The third-order valence-corrected chi connectivity index (χ3v) is 0.401. The van der Waals surface area contributed by atoms with E-state index in [-0.39, 0.29) is 15.6 Å². The Morgan fingerprint density at radius 3 is 2.00 bits per heavy atom. The Kier molecular flexibility index (Phi) is 8.12. The molecule has 0 aliphatic heterocycles. The van der Waals surface area contributed by atoms with Crippen LogP contribution in [0.1, 0.15) is 0 Å². The van der Waals surface area contributed by atoms with Crippen molar-refractivity contribution in [3.63, 3.8) is 0 Å². The standard InChI is InChI=1S/C3H3O.Mn.Si/c1-2-3-4;;/h2H,1H2;;. The minimum atomic E-state index is -0.169. The summed E-state index contributed by atoms with van der Waals surface area (Å²) in [5.41, 5.74) is 0. The predicted octanol–water partition coefficient (Wildman–Crippen LogP) is -0.135. The summed E-state index contributed by atoms with van der Waals surface area (Å²) >= 11 is 2.62. The first-order valence-electron chi connectivity index (χ1n) is 1.09. The Morgan fingerprint density at radius 1 is 1.83 bits per heavy atom. The van der Waals surface area contributed by atoms with Crippen molar-refractivity contribution >= 4 is 15.6 Å². The van der Waals surface area contributed by atoms with Crippen LogP contribution in [0, 0.1) is 0 Å². The topological polar surface area (TPSA) is 17.1 Å². The third-order valence-electron chi connectivity index (χ3n) is 0.160. The van der Waals surface area contributed by atoms with E-state index in [2.05, 4.69) is 22.6 Å². The second kappa shape index (κ2) is 5.15. The van der Waals surface area contributed by atoms with Crippen LogP contribution >= 0.6 is 0 Å². The van der Waals surface area contributed by atoms with Crippen molar-refractivity contribution in [2.45, 2.75) is 0 Å². The van der Waals surface area contributed by atoms with Crippen LogP contribution < -0.4 is 0 Å². The Bertz CT molecular complexity index is 61.8. The van der Waals surface area contributed by atoms with E-state index in [1.54, 1.807) is 0 Å². The number of allylic oxidation sites excluding steroid dienone is 1. The zero-order valence-electron chi connectivity index (χ0n) is 3.07. The molecule has 4 radical (unpaired) electrons. The fourth-order valence-corrected chi connectivity index (χ4v) is 0. The van der Waals surface area contributed by atoms with Crippen LogP contribution in [0.15, 0.2) is 12.7 Å². The van der Waals surface area contributed by atoms with Crippen LogP contribution in [0.3, 0.4) is 0 Å². The summed E-state index contributed by atoms with van der Waals surface area (Å²) in [6.07, 6.45) is 1.19. The molecule has 0 rings (SSSR count). The molecule has 0 aromatic rings. The SMILES string of the molecule is C=C[C](=O)[Mn].[Si]. The van der Waals surface area contributed by atoms with Crippen LogP contribution in [0.25, 0.3) is 0 Å². The first kappa shape index (κ1) is 9.47. The van der Waals surface area contributed by atoms with Crippen molar-refractivity contribution in [2.75, 3.05) is 0 Å². The zero-order chi connectivity index (χ0) is 4.28. The average Bonchev–Trinajstić information content (AvgIpc) is 1.38. The minimum absolute atomic E-state index is 0. The Hall–Kier alpha value is 0.146. The van der Waals surface area contributed by atoms with Crippen LogP contribution in [0.4, 0.5) is 0 Å². The van der Waals surface area contributed by atoms with Gasteiger partial charge in [-0.25, -0.2) is 0 Å². The quantitative estimate of drug-likeness (QED) is 0.364. The maximum Gasteiger partial charge on any atom is 0 e. The van der Waals surface area contributed by atoms with Gasteiger partial charge in [0.2, 0.25) is 0 Å². The summed E-state index contributed by atoms with van der Waals surface area (Å²) in [6.45, 7) is 3.16. The summed E-state index contributed by atoms with van der Waals surface area (Å²) in [6, 6.07) is 0. The summed E-state index contributed by atoms with van der Waals surface area (Å²) in [5, 5.41) is 0. The maximum absolute atomic E-state index is 9.61. The van der Waals surface area contributed by atoms with Gasteiger partial charge in [0.25, 0.3) is 0 Å². The molecule has 32 valence electrons. The molecule has 0 aromatic heterocycles. The van der Waals surface area contributed by atoms with E-state index >= 15 is 0 Å². The van der Waals surface area contributed by atoms with Crippen molar-refractivity contribution in [3.05, 3.63) is 12.7 Å². The molecule has 0 saturated heterocycles. The molecule has 0 amide bonds. The smallest absolute Gasteiger partial charge is 0 e. The molecule has 0 fully saturated rings. The Morgan fingerprint density at radius 2 is 2.00 bits per heavy atom. The second-order valence-corrected chi connectivity index (χ2v) is 1.09. The molecule has 0 bridgehead atoms. The average molecular weight is 138 g/mol. The molecule has 6 heavy (non-hydrogen) atoms. The molecule has 3 heteroatoms. The number of carbonyl (C=O) groups is 1. The second-order valence-electron chi connectivity index (χ2n) is 0.508. The zero-order valence-corrected chi connectivity index (χ0v) is 5.25. The first-order valence-corrected chi connectivity index (χ1v) is 1.68. The van der Waals surface area contributed by atoms with Gasteiger partial charge in [0.1, 0.15) is 0 Å². The molecule has 0 N–H and O–H groups in total. The molecule has 0 atom stereocenters. The number of rotatable bonds is 1. The normalized spacial score (nSPS) is 5.50. The van der Waals surface area contributed by atoms with E-state index < -0.39 is 0 Å². The first-order chi connectivity index (χ1) is 2.27. The van der Waals surface area contributed by atoms with Gasteiger partial charge in [-0.3, -0.25) is 0 Å². The van der Waals surface area contributed by atoms with Crippen molar-refractivity contribution in [3.8, 4) is 0 Å². The molecule has 0 saturated carbocycles. The van der Waals surface area contributed by atoms with Gasteiger partial charge in [0.05, 0.1) is 0 Å². The number of hydrogen-bond acceptors (Lipinski definition) is 1. The van der Waals surface area contributed by atoms with Gasteiger partial charge in [-0.1, -0.05) is 0 Å². The van der Waals surface area contributed by atoms with Gasteiger partial charge in [-0.05, 0) is 0 Å². The number of hydrogen-bond donors (Lipinski definition) is 0. The van der Waals surface area contributed by atoms with E-state index in [1.807, 2.05) is 0 Å². The Balaban J connectivity index is 0. The third kappa shape index (κ3) is 8.91. The van der Waals surface area contributed by atoms with Gasteiger partial charge < -0.3 is 0 Å². The van der Waals surface area contributed by atoms with Crippen molar-refractivity contribution in [1.82, 2.24) is 0 Å². The molecular formula is C3H3MnOSi. The minimum Gasteiger partial charge on any atom is 0 e. The van der Waals surface area contributed by atoms with Gasteiger partial charge in [0.15, 0.2) is 0 Å². The van der Waals surface area contributed by atoms with E-state index in [0.717, 1.165) is 0 Å². The van der Waals surface area contributed by atoms with Crippen molar-refractivity contribution in [2.24, 2.45) is 0 Å². The maximum atomic E-state index is 9.61. The monoisotopic (exact) mass is 138 g/mol. The number of carbonyl (C=O) groups excluding carboxylic acids is 1. The summed E-state index contributed by atoms with van der Waals surface area (Å²) in [5.74, 6) is 0. The summed E-state index contributed by atoms with van der Waals surface area (Å²) < 4.78 is -0.169. The summed E-state index contributed by atoms with van der Waals surface area (Å²) in [4.78, 5) is 9.61. The predicted molar refractivity (Wildman–Crippen MR) is 21.0 cm³/mol. The molecule has 0 spiro atoms. The largest absolute Gasteiger partial charge is 0 e. The van der Waals surface area contributed by atoms with Crippen LogP contribution in [0.5, 0.6) is 0 Å². The van der Waals surface area contributed by atoms with Crippen molar-refractivity contribution in [1.29, 1.82) is 0 Å². The van der Waals surface area contributed by atoms with Gasteiger partial charge >= 0.3 is 38.1 Å². The molecule has 0 heterocycles. The Labute approximate surface area is 49.6 Å². The molecular weight excluding hydrogens is 135 g/mol. The van der Waals surface area contributed by atoms with Crippen molar-refractivity contribution < 1.29 is 20.8 Å². The fourth-order valence-electron chi connectivity index (χ4n) is 0. The van der Waals surface area contributed by atoms with E-state index in [4.69, 9.17) is 0 Å². The van der Waals surface area contributed by atoms with Crippen LogP contribution in [0.2, 0.25) is 0 Å². The van der Waals surface area contributed by atoms with Gasteiger partial charge in [-0.15, -0.1) is 0 Å². The molecule has 0 aliphatic rings. The van der Waals surface area contributed by atoms with Crippen LogP contribution in [-0.4, -0.2) is 15.6 Å². The van der Waals surface area contributed by atoms with Gasteiger partial charge in [0, 0.05) is 11.0 Å². The van der Waals surface area contributed by atoms with E-state index in [0.29, 0.717) is 0 Å². The van der Waals surface area contributed by atoms with E-state index in [9.17, 15) is 4.79 Å². The molecule has 0 aromatic carbocycles. The van der Waals surface area contributed by atoms with Gasteiger partial charge in [-0.2, -0.15) is 0 Å².